The van der Waals surface area contributed by atoms with Crippen LogP contribution in [0, 0.1) is 0 Å². The maximum atomic E-state index is 11.5. The molecule has 1 amide bonds. The van der Waals surface area contributed by atoms with Crippen LogP contribution >= 0.6 is 0 Å². The van der Waals surface area contributed by atoms with Crippen LogP contribution in [0.5, 0.6) is 0 Å². The molecule has 3 N–H and O–H groups in total. The lowest BCUT2D eigenvalue weighted by Crippen LogP contribution is -2.33. The summed E-state index contributed by atoms with van der Waals surface area (Å²) in [6.45, 7) is 0.893. The van der Waals surface area contributed by atoms with Gasteiger partial charge in [-0.3, -0.25) is 9.78 Å². The fourth-order valence-corrected chi connectivity index (χ4v) is 2.57. The van der Waals surface area contributed by atoms with Gasteiger partial charge in [-0.15, -0.1) is 0 Å². The highest BCUT2D eigenvalue weighted by molar-refractivity contribution is 6.04. The molecule has 6 nitrogen and oxygen atoms in total. The Morgan fingerprint density at radius 3 is 3.16 bits per heavy atom. The Balaban J connectivity index is 2.15. The number of primary amides is 1. The standard InChI is InChI=1S/C13H15N3O3/c14-13(18)8-6-16(9-3-5-19-7-11(9)17)10-2-1-4-15-12(8)10/h1-2,4,6,9,11,17H,3,5,7H2,(H2,14,18). The Labute approximate surface area is 109 Å². The third-order valence-corrected chi connectivity index (χ3v) is 3.50. The fraction of sp³-hybridized carbons (Fsp3) is 0.385. The molecule has 0 spiro atoms. The van der Waals surface area contributed by atoms with Crippen LogP contribution in [0.2, 0.25) is 0 Å². The van der Waals surface area contributed by atoms with Gasteiger partial charge in [0, 0.05) is 19.0 Å². The first-order chi connectivity index (χ1) is 9.18. The van der Waals surface area contributed by atoms with Crippen LogP contribution in [0.25, 0.3) is 11.0 Å². The zero-order valence-electron chi connectivity index (χ0n) is 10.3. The van der Waals surface area contributed by atoms with Crippen molar-refractivity contribution in [3.8, 4) is 0 Å². The number of carbonyl (C=O) groups is 1. The topological polar surface area (TPSA) is 90.4 Å². The molecule has 1 aliphatic rings. The average Bonchev–Trinajstić information content (AvgIpc) is 2.79. The van der Waals surface area contributed by atoms with Gasteiger partial charge in [0.05, 0.1) is 29.8 Å². The molecule has 100 valence electrons. The Bertz CT molecular complexity index is 623. The van der Waals surface area contributed by atoms with Gasteiger partial charge < -0.3 is 20.1 Å². The second-order valence-corrected chi connectivity index (χ2v) is 4.68. The van der Waals surface area contributed by atoms with Crippen molar-refractivity contribution in [2.75, 3.05) is 13.2 Å². The number of nitrogens with zero attached hydrogens (tertiary/aromatic N) is 2. The van der Waals surface area contributed by atoms with Crippen molar-refractivity contribution < 1.29 is 14.6 Å². The molecule has 2 aromatic rings. The van der Waals surface area contributed by atoms with Crippen molar-refractivity contribution in [1.82, 2.24) is 9.55 Å². The molecular formula is C13H15N3O3. The maximum Gasteiger partial charge on any atom is 0.252 e. The number of aliphatic hydroxyl groups is 1. The second kappa shape index (κ2) is 4.64. The maximum absolute atomic E-state index is 11.5. The van der Waals surface area contributed by atoms with E-state index in [1.54, 1.807) is 18.5 Å². The fourth-order valence-electron chi connectivity index (χ4n) is 2.57. The van der Waals surface area contributed by atoms with Gasteiger partial charge in [0.15, 0.2) is 0 Å². The van der Waals surface area contributed by atoms with E-state index in [4.69, 9.17) is 10.5 Å². The number of aliphatic hydroxyl groups excluding tert-OH is 1. The van der Waals surface area contributed by atoms with Crippen LogP contribution in [0.1, 0.15) is 22.8 Å². The summed E-state index contributed by atoms with van der Waals surface area (Å²) in [5.74, 6) is -0.510. The highest BCUT2D eigenvalue weighted by Gasteiger charge is 2.27. The lowest BCUT2D eigenvalue weighted by Gasteiger charge is -2.29. The number of amides is 1. The molecule has 19 heavy (non-hydrogen) atoms. The van der Waals surface area contributed by atoms with E-state index in [1.165, 1.54) is 0 Å². The molecule has 0 saturated carbocycles. The Hall–Kier alpha value is -1.92. The molecule has 1 fully saturated rings. The molecule has 1 saturated heterocycles. The third-order valence-electron chi connectivity index (χ3n) is 3.50. The zero-order chi connectivity index (χ0) is 13.4. The summed E-state index contributed by atoms with van der Waals surface area (Å²) >= 11 is 0. The van der Waals surface area contributed by atoms with Gasteiger partial charge in [-0.1, -0.05) is 0 Å². The number of hydrogen-bond donors (Lipinski definition) is 2. The summed E-state index contributed by atoms with van der Waals surface area (Å²) < 4.78 is 7.11. The summed E-state index contributed by atoms with van der Waals surface area (Å²) in [6, 6.07) is 3.56. The van der Waals surface area contributed by atoms with Crippen LogP contribution in [-0.2, 0) is 4.74 Å². The number of rotatable bonds is 2. The van der Waals surface area contributed by atoms with E-state index < -0.39 is 12.0 Å². The van der Waals surface area contributed by atoms with Gasteiger partial charge in [0.25, 0.3) is 5.91 Å². The summed E-state index contributed by atoms with van der Waals surface area (Å²) in [6.07, 6.45) is 3.40. The van der Waals surface area contributed by atoms with Crippen molar-refractivity contribution in [1.29, 1.82) is 0 Å². The van der Waals surface area contributed by atoms with Crippen LogP contribution in [0.4, 0.5) is 0 Å². The van der Waals surface area contributed by atoms with E-state index in [9.17, 15) is 9.90 Å². The van der Waals surface area contributed by atoms with E-state index in [2.05, 4.69) is 4.98 Å². The number of carbonyl (C=O) groups excluding carboxylic acids is 1. The molecule has 6 heteroatoms. The van der Waals surface area contributed by atoms with Gasteiger partial charge in [-0.05, 0) is 18.6 Å². The van der Waals surface area contributed by atoms with Crippen LogP contribution < -0.4 is 5.73 Å². The molecular weight excluding hydrogens is 246 g/mol. The van der Waals surface area contributed by atoms with E-state index in [1.807, 2.05) is 10.6 Å². The Morgan fingerprint density at radius 2 is 2.42 bits per heavy atom. The Morgan fingerprint density at radius 1 is 1.58 bits per heavy atom. The molecule has 0 aliphatic carbocycles. The summed E-state index contributed by atoms with van der Waals surface area (Å²) in [5, 5.41) is 10.0. The van der Waals surface area contributed by atoms with E-state index in [-0.39, 0.29) is 6.04 Å². The van der Waals surface area contributed by atoms with Crippen molar-refractivity contribution in [2.45, 2.75) is 18.6 Å². The minimum Gasteiger partial charge on any atom is -0.389 e. The van der Waals surface area contributed by atoms with Crippen LogP contribution in [0.15, 0.2) is 24.5 Å². The van der Waals surface area contributed by atoms with Gasteiger partial charge in [-0.25, -0.2) is 0 Å². The van der Waals surface area contributed by atoms with Crippen molar-refractivity contribution in [3.63, 3.8) is 0 Å². The van der Waals surface area contributed by atoms with Crippen molar-refractivity contribution in [2.24, 2.45) is 5.73 Å². The molecule has 1 aliphatic heterocycles. The van der Waals surface area contributed by atoms with Crippen molar-refractivity contribution >= 4 is 16.9 Å². The second-order valence-electron chi connectivity index (χ2n) is 4.68. The van der Waals surface area contributed by atoms with Gasteiger partial charge >= 0.3 is 0 Å². The van der Waals surface area contributed by atoms with Crippen LogP contribution in [0.3, 0.4) is 0 Å². The van der Waals surface area contributed by atoms with Crippen LogP contribution in [-0.4, -0.2) is 39.9 Å². The number of hydrogen-bond acceptors (Lipinski definition) is 4. The van der Waals surface area contributed by atoms with E-state index >= 15 is 0 Å². The first-order valence-electron chi connectivity index (χ1n) is 6.19. The SMILES string of the molecule is NC(=O)c1cn(C2CCOCC2O)c2cccnc12. The summed E-state index contributed by atoms with van der Waals surface area (Å²) in [5.41, 5.74) is 7.15. The normalized spacial score (nSPS) is 23.6. The number of fused-ring (bicyclic) bond motifs is 1. The molecule has 0 bridgehead atoms. The minimum absolute atomic E-state index is 0.117. The molecule has 3 rings (SSSR count). The third kappa shape index (κ3) is 1.98. The predicted molar refractivity (Wildman–Crippen MR) is 68.7 cm³/mol. The Kier molecular flexibility index (Phi) is 2.96. The lowest BCUT2D eigenvalue weighted by atomic mass is 10.1. The van der Waals surface area contributed by atoms with Gasteiger partial charge in [-0.2, -0.15) is 0 Å². The average molecular weight is 261 g/mol. The highest BCUT2D eigenvalue weighted by atomic mass is 16.5. The molecule has 0 aromatic carbocycles. The molecule has 2 unspecified atom stereocenters. The van der Waals surface area contributed by atoms with Crippen molar-refractivity contribution in [3.05, 3.63) is 30.1 Å². The van der Waals surface area contributed by atoms with Gasteiger partial charge in [0.2, 0.25) is 0 Å². The zero-order valence-corrected chi connectivity index (χ0v) is 10.3. The molecule has 2 aromatic heterocycles. The highest BCUT2D eigenvalue weighted by Crippen LogP contribution is 2.28. The number of aromatic nitrogens is 2. The summed E-state index contributed by atoms with van der Waals surface area (Å²) in [7, 11) is 0. The lowest BCUT2D eigenvalue weighted by molar-refractivity contribution is -0.0374. The predicted octanol–water partition coefficient (Wildman–Crippen LogP) is 0.457. The molecule has 2 atom stereocenters. The minimum atomic E-state index is -0.592. The number of pyridine rings is 1. The van der Waals surface area contributed by atoms with Gasteiger partial charge in [0.1, 0.15) is 5.52 Å². The number of ether oxygens (including phenoxy) is 1. The first kappa shape index (κ1) is 12.1. The first-order valence-corrected chi connectivity index (χ1v) is 6.19. The largest absolute Gasteiger partial charge is 0.389 e. The molecule has 3 heterocycles. The molecule has 0 radical (unpaired) electrons. The van der Waals surface area contributed by atoms with E-state index in [0.29, 0.717) is 30.7 Å². The monoisotopic (exact) mass is 261 g/mol. The number of nitrogens with two attached hydrogens (primary N) is 1. The van der Waals surface area contributed by atoms with E-state index in [0.717, 1.165) is 5.52 Å². The smallest absolute Gasteiger partial charge is 0.252 e. The quantitative estimate of drug-likeness (QED) is 0.821. The summed E-state index contributed by atoms with van der Waals surface area (Å²) in [4.78, 5) is 15.7.